The quantitative estimate of drug-likeness (QED) is 0.781. The first-order valence-electron chi connectivity index (χ1n) is 4.00. The highest BCUT2D eigenvalue weighted by molar-refractivity contribution is 7.17. The molecule has 1 unspecified atom stereocenters. The van der Waals surface area contributed by atoms with E-state index in [0.29, 0.717) is 5.56 Å². The van der Waals surface area contributed by atoms with Crippen molar-refractivity contribution in [2.24, 2.45) is 5.73 Å². The van der Waals surface area contributed by atoms with Gasteiger partial charge in [-0.15, -0.1) is 11.3 Å². The Morgan fingerprint density at radius 2 is 2.36 bits per heavy atom. The minimum absolute atomic E-state index is 0.623. The molecule has 2 rings (SSSR count). The van der Waals surface area contributed by atoms with E-state index in [0.717, 1.165) is 10.2 Å². The molecule has 0 spiro atoms. The summed E-state index contributed by atoms with van der Waals surface area (Å²) in [6.45, 7) is 0. The molecule has 14 heavy (non-hydrogen) atoms. The van der Waals surface area contributed by atoms with Gasteiger partial charge in [0.1, 0.15) is 6.04 Å². The van der Waals surface area contributed by atoms with Crippen LogP contribution < -0.4 is 5.73 Å². The molecule has 0 bridgehead atoms. The molecule has 3 N–H and O–H groups in total. The number of carboxylic acids is 1. The molecule has 1 heterocycles. The van der Waals surface area contributed by atoms with Gasteiger partial charge in [0.15, 0.2) is 0 Å². The van der Waals surface area contributed by atoms with Crippen molar-refractivity contribution in [3.05, 3.63) is 29.3 Å². The van der Waals surface area contributed by atoms with Crippen molar-refractivity contribution in [3.8, 4) is 0 Å². The molecule has 0 amide bonds. The summed E-state index contributed by atoms with van der Waals surface area (Å²) < 4.78 is 0.849. The summed E-state index contributed by atoms with van der Waals surface area (Å²) in [7, 11) is 0. The lowest BCUT2D eigenvalue weighted by molar-refractivity contribution is -0.138. The molecule has 0 radical (unpaired) electrons. The Bertz CT molecular complexity index is 480. The minimum Gasteiger partial charge on any atom is -0.480 e. The molecular weight excluding hydrogens is 200 g/mol. The van der Waals surface area contributed by atoms with E-state index in [1.54, 1.807) is 17.6 Å². The van der Waals surface area contributed by atoms with Gasteiger partial charge in [0, 0.05) is 0 Å². The third-order valence-electron chi connectivity index (χ3n) is 1.99. The van der Waals surface area contributed by atoms with Crippen LogP contribution in [0.15, 0.2) is 23.7 Å². The SMILES string of the molecule is NC(C(=O)O)c1cccc2ncsc12. The van der Waals surface area contributed by atoms with Crippen LogP contribution in [0, 0.1) is 0 Å². The molecular formula is C9H8N2O2S. The van der Waals surface area contributed by atoms with Gasteiger partial charge in [0.2, 0.25) is 0 Å². The van der Waals surface area contributed by atoms with Crippen molar-refractivity contribution in [2.75, 3.05) is 0 Å². The lowest BCUT2D eigenvalue weighted by atomic mass is 10.1. The van der Waals surface area contributed by atoms with E-state index >= 15 is 0 Å². The van der Waals surface area contributed by atoms with Crippen LogP contribution in [-0.2, 0) is 4.79 Å². The fourth-order valence-electron chi connectivity index (χ4n) is 1.29. The third-order valence-corrected chi connectivity index (χ3v) is 2.88. The molecule has 4 nitrogen and oxygen atoms in total. The Morgan fingerprint density at radius 3 is 3.07 bits per heavy atom. The van der Waals surface area contributed by atoms with Gasteiger partial charge >= 0.3 is 5.97 Å². The lowest BCUT2D eigenvalue weighted by Gasteiger charge is -2.06. The summed E-state index contributed by atoms with van der Waals surface area (Å²) in [5.41, 5.74) is 8.64. The molecule has 0 aliphatic rings. The molecule has 72 valence electrons. The smallest absolute Gasteiger partial charge is 0.325 e. The number of thiazole rings is 1. The lowest BCUT2D eigenvalue weighted by Crippen LogP contribution is -2.20. The van der Waals surface area contributed by atoms with E-state index in [1.807, 2.05) is 6.07 Å². The first-order valence-corrected chi connectivity index (χ1v) is 4.88. The van der Waals surface area contributed by atoms with E-state index < -0.39 is 12.0 Å². The van der Waals surface area contributed by atoms with E-state index in [-0.39, 0.29) is 0 Å². The number of benzene rings is 1. The van der Waals surface area contributed by atoms with Crippen LogP contribution >= 0.6 is 11.3 Å². The van der Waals surface area contributed by atoms with Gasteiger partial charge in [-0.3, -0.25) is 4.79 Å². The molecule has 1 aromatic heterocycles. The summed E-state index contributed by atoms with van der Waals surface area (Å²) in [5, 5.41) is 8.79. The maximum Gasteiger partial charge on any atom is 0.325 e. The van der Waals surface area contributed by atoms with Crippen molar-refractivity contribution in [2.45, 2.75) is 6.04 Å². The predicted molar refractivity (Wildman–Crippen MR) is 54.2 cm³/mol. The zero-order valence-electron chi connectivity index (χ0n) is 7.18. The molecule has 0 aliphatic carbocycles. The van der Waals surface area contributed by atoms with Crippen LogP contribution in [0.4, 0.5) is 0 Å². The van der Waals surface area contributed by atoms with Crippen molar-refractivity contribution >= 4 is 27.5 Å². The Labute approximate surface area is 84.0 Å². The summed E-state index contributed by atoms with van der Waals surface area (Å²) in [6.07, 6.45) is 0. The molecule has 5 heteroatoms. The number of carbonyl (C=O) groups is 1. The van der Waals surface area contributed by atoms with Crippen molar-refractivity contribution in [1.29, 1.82) is 0 Å². The first-order chi connectivity index (χ1) is 6.70. The number of aliphatic carboxylic acids is 1. The van der Waals surface area contributed by atoms with Gasteiger partial charge in [-0.2, -0.15) is 0 Å². The normalized spacial score (nSPS) is 12.9. The number of rotatable bonds is 2. The van der Waals surface area contributed by atoms with Gasteiger partial charge < -0.3 is 10.8 Å². The van der Waals surface area contributed by atoms with E-state index in [1.165, 1.54) is 11.3 Å². The van der Waals surface area contributed by atoms with Crippen molar-refractivity contribution < 1.29 is 9.90 Å². The van der Waals surface area contributed by atoms with Crippen LogP contribution in [0.5, 0.6) is 0 Å². The summed E-state index contributed by atoms with van der Waals surface area (Å²) in [4.78, 5) is 14.8. The molecule has 0 aliphatic heterocycles. The number of hydrogen-bond acceptors (Lipinski definition) is 4. The van der Waals surface area contributed by atoms with Gasteiger partial charge in [-0.25, -0.2) is 4.98 Å². The highest BCUT2D eigenvalue weighted by Crippen LogP contribution is 2.25. The van der Waals surface area contributed by atoms with E-state index in [2.05, 4.69) is 4.98 Å². The zero-order chi connectivity index (χ0) is 10.1. The van der Waals surface area contributed by atoms with E-state index in [9.17, 15) is 4.79 Å². The second-order valence-corrected chi connectivity index (χ2v) is 3.72. The zero-order valence-corrected chi connectivity index (χ0v) is 7.99. The molecule has 2 aromatic rings. The van der Waals surface area contributed by atoms with E-state index in [4.69, 9.17) is 10.8 Å². The van der Waals surface area contributed by atoms with Crippen molar-refractivity contribution in [3.63, 3.8) is 0 Å². The van der Waals surface area contributed by atoms with Gasteiger partial charge in [-0.1, -0.05) is 12.1 Å². The maximum atomic E-state index is 10.7. The Balaban J connectivity index is 2.61. The number of fused-ring (bicyclic) bond motifs is 1. The minimum atomic E-state index is -1.02. The molecule has 0 saturated heterocycles. The average molecular weight is 208 g/mol. The first kappa shape index (κ1) is 9.11. The molecule has 1 atom stereocenters. The number of carboxylic acid groups (broad SMARTS) is 1. The van der Waals surface area contributed by atoms with Crippen LogP contribution in [0.25, 0.3) is 10.2 Å². The predicted octanol–water partition coefficient (Wildman–Crippen LogP) is 1.38. The Hall–Kier alpha value is -1.46. The van der Waals surface area contributed by atoms with Gasteiger partial charge in [0.05, 0.1) is 15.7 Å². The molecule has 1 aromatic carbocycles. The average Bonchev–Trinajstić information content (AvgIpc) is 2.63. The number of hydrogen-bond donors (Lipinski definition) is 2. The molecule has 0 saturated carbocycles. The third kappa shape index (κ3) is 1.36. The second-order valence-electron chi connectivity index (χ2n) is 2.86. The van der Waals surface area contributed by atoms with Crippen LogP contribution in [-0.4, -0.2) is 16.1 Å². The number of aromatic nitrogens is 1. The Kier molecular flexibility index (Phi) is 2.18. The van der Waals surface area contributed by atoms with Crippen LogP contribution in [0.3, 0.4) is 0 Å². The van der Waals surface area contributed by atoms with Crippen LogP contribution in [0.1, 0.15) is 11.6 Å². The summed E-state index contributed by atoms with van der Waals surface area (Å²) in [5.74, 6) is -1.02. The maximum absolute atomic E-state index is 10.7. The second kappa shape index (κ2) is 3.36. The highest BCUT2D eigenvalue weighted by Gasteiger charge is 2.17. The standard InChI is InChI=1S/C9H8N2O2S/c10-7(9(12)13)5-2-1-3-6-8(5)14-4-11-6/h1-4,7H,10H2,(H,12,13). The van der Waals surface area contributed by atoms with Gasteiger partial charge in [-0.05, 0) is 11.6 Å². The topological polar surface area (TPSA) is 76.2 Å². The highest BCUT2D eigenvalue weighted by atomic mass is 32.1. The largest absolute Gasteiger partial charge is 0.480 e. The summed E-state index contributed by atoms with van der Waals surface area (Å²) >= 11 is 1.41. The van der Waals surface area contributed by atoms with Crippen molar-refractivity contribution in [1.82, 2.24) is 4.98 Å². The number of nitrogens with zero attached hydrogens (tertiary/aromatic N) is 1. The fraction of sp³-hybridized carbons (Fsp3) is 0.111. The van der Waals surface area contributed by atoms with Crippen LogP contribution in [0.2, 0.25) is 0 Å². The molecule has 0 fully saturated rings. The Morgan fingerprint density at radius 1 is 1.57 bits per heavy atom. The van der Waals surface area contributed by atoms with Gasteiger partial charge in [0.25, 0.3) is 0 Å². The monoisotopic (exact) mass is 208 g/mol. The summed E-state index contributed by atoms with van der Waals surface area (Å²) in [6, 6.07) is 4.35. The number of nitrogens with two attached hydrogens (primary N) is 1. The fourth-order valence-corrected chi connectivity index (χ4v) is 2.13.